The van der Waals surface area contributed by atoms with E-state index in [0.29, 0.717) is 24.0 Å². The molecule has 0 radical (unpaired) electrons. The van der Waals surface area contributed by atoms with Crippen LogP contribution in [-0.4, -0.2) is 12.1 Å². The van der Waals surface area contributed by atoms with Gasteiger partial charge in [0.25, 0.3) is 0 Å². The first-order valence-electron chi connectivity index (χ1n) is 7.73. The van der Waals surface area contributed by atoms with Crippen molar-refractivity contribution in [2.24, 2.45) is 0 Å². The van der Waals surface area contributed by atoms with E-state index in [1.807, 2.05) is 67.6 Å². The molecular weight excluding hydrogens is 302 g/mol. The minimum absolute atomic E-state index is 0.315. The summed E-state index contributed by atoms with van der Waals surface area (Å²) >= 11 is 0. The zero-order chi connectivity index (χ0) is 16.8. The number of benzene rings is 2. The highest BCUT2D eigenvalue weighted by atomic mass is 16.5. The summed E-state index contributed by atoms with van der Waals surface area (Å²) in [7, 11) is 1.63. The van der Waals surface area contributed by atoms with Crippen LogP contribution in [0.3, 0.4) is 0 Å². The number of rotatable bonds is 6. The Morgan fingerprint density at radius 2 is 1.92 bits per heavy atom. The SMILES string of the molecule is C/C=C/c1ccc(OCc2coc(-c3ccccc3)n2)c(OC)c1. The van der Waals surface area contributed by atoms with Crippen molar-refractivity contribution in [3.8, 4) is 23.0 Å². The van der Waals surface area contributed by atoms with Crippen molar-refractivity contribution in [2.45, 2.75) is 13.5 Å². The molecule has 4 nitrogen and oxygen atoms in total. The maximum absolute atomic E-state index is 5.82. The Kier molecular flexibility index (Phi) is 4.96. The molecule has 0 N–H and O–H groups in total. The van der Waals surface area contributed by atoms with E-state index in [1.54, 1.807) is 13.4 Å². The summed E-state index contributed by atoms with van der Waals surface area (Å²) in [6.07, 6.45) is 5.61. The molecule has 0 aliphatic rings. The molecule has 0 aliphatic carbocycles. The van der Waals surface area contributed by atoms with Gasteiger partial charge in [-0.25, -0.2) is 4.98 Å². The van der Waals surface area contributed by atoms with E-state index in [-0.39, 0.29) is 0 Å². The highest BCUT2D eigenvalue weighted by Crippen LogP contribution is 2.29. The fourth-order valence-electron chi connectivity index (χ4n) is 2.34. The minimum atomic E-state index is 0.315. The van der Waals surface area contributed by atoms with Crippen molar-refractivity contribution in [1.29, 1.82) is 0 Å². The largest absolute Gasteiger partial charge is 0.493 e. The van der Waals surface area contributed by atoms with Gasteiger partial charge < -0.3 is 13.9 Å². The van der Waals surface area contributed by atoms with Crippen LogP contribution in [0.2, 0.25) is 0 Å². The van der Waals surface area contributed by atoms with Gasteiger partial charge in [0.1, 0.15) is 18.6 Å². The monoisotopic (exact) mass is 321 g/mol. The van der Waals surface area contributed by atoms with E-state index in [1.165, 1.54) is 0 Å². The third-order valence-electron chi connectivity index (χ3n) is 3.49. The lowest BCUT2D eigenvalue weighted by atomic mass is 10.2. The fraction of sp³-hybridized carbons (Fsp3) is 0.150. The van der Waals surface area contributed by atoms with Gasteiger partial charge >= 0.3 is 0 Å². The van der Waals surface area contributed by atoms with Gasteiger partial charge in [-0.2, -0.15) is 0 Å². The summed E-state index contributed by atoms with van der Waals surface area (Å²) < 4.78 is 16.7. The molecule has 3 rings (SSSR count). The lowest BCUT2D eigenvalue weighted by Crippen LogP contribution is -1.98. The Labute approximate surface area is 141 Å². The number of allylic oxidation sites excluding steroid dienone is 1. The van der Waals surface area contributed by atoms with Gasteiger partial charge in [-0.1, -0.05) is 36.4 Å². The van der Waals surface area contributed by atoms with Crippen molar-refractivity contribution < 1.29 is 13.9 Å². The van der Waals surface area contributed by atoms with Gasteiger partial charge in [-0.3, -0.25) is 0 Å². The van der Waals surface area contributed by atoms with Crippen LogP contribution in [0.4, 0.5) is 0 Å². The standard InChI is InChI=1S/C20H19NO3/c1-3-7-15-10-11-18(19(12-15)22-2)23-13-17-14-24-20(21-17)16-8-5-4-6-9-16/h3-12,14H,13H2,1-2H3/b7-3+. The minimum Gasteiger partial charge on any atom is -0.493 e. The number of oxazole rings is 1. The van der Waals surface area contributed by atoms with Crippen molar-refractivity contribution in [3.05, 3.63) is 72.1 Å². The van der Waals surface area contributed by atoms with Gasteiger partial charge in [0.05, 0.1) is 7.11 Å². The van der Waals surface area contributed by atoms with E-state index in [9.17, 15) is 0 Å². The predicted molar refractivity (Wildman–Crippen MR) is 94.0 cm³/mol. The molecule has 1 heterocycles. The lowest BCUT2D eigenvalue weighted by molar-refractivity contribution is 0.280. The Balaban J connectivity index is 1.71. The average Bonchev–Trinajstić information content (AvgIpc) is 3.10. The molecule has 3 aromatic rings. The van der Waals surface area contributed by atoms with Crippen LogP contribution in [0.15, 0.2) is 65.3 Å². The second kappa shape index (κ2) is 7.51. The number of hydrogen-bond donors (Lipinski definition) is 0. The van der Waals surface area contributed by atoms with Gasteiger partial charge in [-0.15, -0.1) is 0 Å². The summed E-state index contributed by atoms with van der Waals surface area (Å²) in [5.41, 5.74) is 2.74. The predicted octanol–water partition coefficient (Wildman–Crippen LogP) is 4.96. The Bertz CT molecular complexity index is 822. The normalized spacial score (nSPS) is 10.9. The first-order valence-corrected chi connectivity index (χ1v) is 7.73. The summed E-state index contributed by atoms with van der Waals surface area (Å²) in [5.74, 6) is 1.96. The van der Waals surface area contributed by atoms with Gasteiger partial charge in [0.15, 0.2) is 11.5 Å². The topological polar surface area (TPSA) is 44.5 Å². The second-order valence-corrected chi connectivity index (χ2v) is 5.21. The second-order valence-electron chi connectivity index (χ2n) is 5.21. The smallest absolute Gasteiger partial charge is 0.226 e. The van der Waals surface area contributed by atoms with Crippen LogP contribution in [0.5, 0.6) is 11.5 Å². The van der Waals surface area contributed by atoms with E-state index >= 15 is 0 Å². The summed E-state index contributed by atoms with van der Waals surface area (Å²) in [5, 5.41) is 0. The maximum Gasteiger partial charge on any atom is 0.226 e. The van der Waals surface area contributed by atoms with Crippen LogP contribution in [0.1, 0.15) is 18.2 Å². The van der Waals surface area contributed by atoms with E-state index in [4.69, 9.17) is 13.9 Å². The Morgan fingerprint density at radius 3 is 2.67 bits per heavy atom. The molecule has 1 aromatic heterocycles. The van der Waals surface area contributed by atoms with E-state index < -0.39 is 0 Å². The third kappa shape index (κ3) is 3.66. The number of hydrogen-bond acceptors (Lipinski definition) is 4. The first kappa shape index (κ1) is 15.9. The van der Waals surface area contributed by atoms with Crippen LogP contribution in [0.25, 0.3) is 17.5 Å². The Morgan fingerprint density at radius 1 is 1.08 bits per heavy atom. The molecule has 24 heavy (non-hydrogen) atoms. The molecule has 2 aromatic carbocycles. The summed E-state index contributed by atoms with van der Waals surface area (Å²) in [6, 6.07) is 15.6. The maximum atomic E-state index is 5.82. The van der Waals surface area contributed by atoms with Crippen molar-refractivity contribution in [2.75, 3.05) is 7.11 Å². The van der Waals surface area contributed by atoms with Crippen molar-refractivity contribution in [1.82, 2.24) is 4.98 Å². The van der Waals surface area contributed by atoms with Gasteiger partial charge in [0, 0.05) is 5.56 Å². The number of methoxy groups -OCH3 is 1. The molecule has 0 bridgehead atoms. The molecule has 0 amide bonds. The zero-order valence-electron chi connectivity index (χ0n) is 13.7. The molecular formula is C20H19NO3. The van der Waals surface area contributed by atoms with Gasteiger partial charge in [0.2, 0.25) is 5.89 Å². The quantitative estimate of drug-likeness (QED) is 0.643. The molecule has 0 atom stereocenters. The van der Waals surface area contributed by atoms with Crippen molar-refractivity contribution in [3.63, 3.8) is 0 Å². The fourth-order valence-corrected chi connectivity index (χ4v) is 2.34. The molecule has 0 saturated carbocycles. The molecule has 0 fully saturated rings. The number of aromatic nitrogens is 1. The van der Waals surface area contributed by atoms with Crippen LogP contribution >= 0.6 is 0 Å². The average molecular weight is 321 g/mol. The van der Waals surface area contributed by atoms with E-state index in [2.05, 4.69) is 4.98 Å². The number of ether oxygens (including phenoxy) is 2. The molecule has 0 unspecified atom stereocenters. The molecule has 0 spiro atoms. The van der Waals surface area contributed by atoms with Crippen LogP contribution < -0.4 is 9.47 Å². The number of nitrogens with zero attached hydrogens (tertiary/aromatic N) is 1. The van der Waals surface area contributed by atoms with E-state index in [0.717, 1.165) is 16.8 Å². The highest BCUT2D eigenvalue weighted by molar-refractivity contribution is 5.56. The lowest BCUT2D eigenvalue weighted by Gasteiger charge is -2.10. The first-order chi connectivity index (χ1) is 11.8. The highest BCUT2D eigenvalue weighted by Gasteiger charge is 2.09. The van der Waals surface area contributed by atoms with Crippen LogP contribution in [0, 0.1) is 0 Å². The summed E-state index contributed by atoms with van der Waals surface area (Å²) in [6.45, 7) is 2.29. The molecule has 122 valence electrons. The summed E-state index contributed by atoms with van der Waals surface area (Å²) in [4.78, 5) is 4.45. The van der Waals surface area contributed by atoms with Crippen molar-refractivity contribution >= 4 is 6.08 Å². The van der Waals surface area contributed by atoms with Gasteiger partial charge in [-0.05, 0) is 36.8 Å². The molecule has 0 saturated heterocycles. The zero-order valence-corrected chi connectivity index (χ0v) is 13.7. The molecule has 4 heteroatoms. The third-order valence-corrected chi connectivity index (χ3v) is 3.49. The molecule has 0 aliphatic heterocycles. The van der Waals surface area contributed by atoms with Crippen LogP contribution in [-0.2, 0) is 6.61 Å². The Hall–Kier alpha value is -3.01.